The molecule has 0 spiro atoms. The van der Waals surface area contributed by atoms with Crippen molar-refractivity contribution in [2.24, 2.45) is 22.7 Å². The van der Waals surface area contributed by atoms with Gasteiger partial charge in [0, 0.05) is 23.3 Å². The average Bonchev–Trinajstić information content (AvgIpc) is 3.14. The number of ether oxygens (including phenoxy) is 1. The highest BCUT2D eigenvalue weighted by Gasteiger charge is 2.71. The Morgan fingerprint density at radius 3 is 2.80 bits per heavy atom. The van der Waals surface area contributed by atoms with Gasteiger partial charge in [-0.15, -0.1) is 0 Å². The fourth-order valence-electron chi connectivity index (χ4n) is 6.31. The van der Waals surface area contributed by atoms with Gasteiger partial charge in [-0.25, -0.2) is 0 Å². The normalized spacial score (nSPS) is 47.2. The molecule has 1 aromatic rings. The van der Waals surface area contributed by atoms with Gasteiger partial charge in [0.2, 0.25) is 0 Å². The average molecular weight is 348 g/mol. The van der Waals surface area contributed by atoms with E-state index in [0.29, 0.717) is 12.0 Å². The summed E-state index contributed by atoms with van der Waals surface area (Å²) in [6, 6.07) is 1.74. The third kappa shape index (κ3) is 2.12. The Labute approximate surface area is 148 Å². The first kappa shape index (κ1) is 17.1. The second-order valence-corrected chi connectivity index (χ2v) is 8.95. The Morgan fingerprint density at radius 2 is 2.12 bits per heavy atom. The zero-order chi connectivity index (χ0) is 18.0. The van der Waals surface area contributed by atoms with E-state index in [2.05, 4.69) is 6.92 Å². The molecule has 1 unspecified atom stereocenters. The summed E-state index contributed by atoms with van der Waals surface area (Å²) >= 11 is 0. The number of carbonyl (C=O) groups is 1. The molecule has 2 N–H and O–H groups in total. The number of furan rings is 1. The fourth-order valence-corrected chi connectivity index (χ4v) is 6.31. The molecule has 1 saturated heterocycles. The van der Waals surface area contributed by atoms with Gasteiger partial charge >= 0.3 is 5.97 Å². The third-order valence-electron chi connectivity index (χ3n) is 7.68. The molecule has 2 aliphatic carbocycles. The number of rotatable bonds is 3. The maximum atomic E-state index is 12.6. The molecule has 2 saturated carbocycles. The first-order valence-corrected chi connectivity index (χ1v) is 9.36. The summed E-state index contributed by atoms with van der Waals surface area (Å²) in [5, 5.41) is 22.6. The fraction of sp³-hybridized carbons (Fsp3) is 0.750. The van der Waals surface area contributed by atoms with Gasteiger partial charge in [-0.2, -0.15) is 0 Å². The standard InChI is InChI=1S/C20H28O5/c1-12-9-15-16-18(2,17(22)25-15)6-4-7-19(16,3)20(12,23)10-14(21)13-5-8-24-11-13/h5,8,11-12,14-16,21,23H,4,6-7,9-10H2,1-3H3/t12-,14+,15-,16?,18+,19+,20-/m1/s1. The highest BCUT2D eigenvalue weighted by molar-refractivity contribution is 5.80. The lowest BCUT2D eigenvalue weighted by Gasteiger charge is -2.61. The van der Waals surface area contributed by atoms with Gasteiger partial charge in [0.05, 0.1) is 29.6 Å². The predicted molar refractivity (Wildman–Crippen MR) is 90.5 cm³/mol. The van der Waals surface area contributed by atoms with Gasteiger partial charge in [0.25, 0.3) is 0 Å². The van der Waals surface area contributed by atoms with Crippen LogP contribution in [0.25, 0.3) is 0 Å². The second kappa shape index (κ2) is 5.34. The van der Waals surface area contributed by atoms with E-state index in [1.807, 2.05) is 13.8 Å². The zero-order valence-corrected chi connectivity index (χ0v) is 15.2. The molecule has 3 aliphatic rings. The van der Waals surface area contributed by atoms with Crippen molar-refractivity contribution in [3.8, 4) is 0 Å². The van der Waals surface area contributed by atoms with Crippen LogP contribution < -0.4 is 0 Å². The van der Waals surface area contributed by atoms with Crippen molar-refractivity contribution in [1.82, 2.24) is 0 Å². The summed E-state index contributed by atoms with van der Waals surface area (Å²) in [5.41, 5.74) is -1.35. The van der Waals surface area contributed by atoms with Crippen molar-refractivity contribution in [2.45, 2.75) is 70.7 Å². The van der Waals surface area contributed by atoms with Crippen molar-refractivity contribution in [1.29, 1.82) is 0 Å². The van der Waals surface area contributed by atoms with Gasteiger partial charge in [0.15, 0.2) is 0 Å². The molecule has 138 valence electrons. The number of aliphatic hydroxyl groups excluding tert-OH is 1. The summed E-state index contributed by atoms with van der Waals surface area (Å²) in [6.45, 7) is 6.11. The van der Waals surface area contributed by atoms with E-state index >= 15 is 0 Å². The molecular weight excluding hydrogens is 320 g/mol. The number of hydrogen-bond acceptors (Lipinski definition) is 5. The molecule has 1 aliphatic heterocycles. The van der Waals surface area contributed by atoms with Gasteiger partial charge < -0.3 is 19.4 Å². The lowest BCUT2D eigenvalue weighted by Crippen LogP contribution is -2.65. The first-order valence-electron chi connectivity index (χ1n) is 9.36. The Kier molecular flexibility index (Phi) is 3.65. The van der Waals surface area contributed by atoms with E-state index in [4.69, 9.17) is 9.15 Å². The van der Waals surface area contributed by atoms with Crippen LogP contribution in [0.15, 0.2) is 23.0 Å². The van der Waals surface area contributed by atoms with Crippen LogP contribution in [0.3, 0.4) is 0 Å². The van der Waals surface area contributed by atoms with Crippen molar-refractivity contribution >= 4 is 5.97 Å². The van der Waals surface area contributed by atoms with E-state index in [1.54, 1.807) is 6.07 Å². The van der Waals surface area contributed by atoms with Crippen LogP contribution in [0, 0.1) is 22.7 Å². The molecule has 0 radical (unpaired) electrons. The predicted octanol–water partition coefficient (Wildman–Crippen LogP) is 3.21. The SMILES string of the molecule is C[C@@H]1C[C@H]2OC(=O)[C@@]3(C)CCC[C@@](C)(C23)[C@@]1(O)C[C@H](O)c1ccoc1. The van der Waals surface area contributed by atoms with Gasteiger partial charge in [-0.1, -0.05) is 20.3 Å². The molecule has 3 fully saturated rings. The van der Waals surface area contributed by atoms with E-state index in [-0.39, 0.29) is 30.3 Å². The highest BCUT2D eigenvalue weighted by atomic mass is 16.6. The second-order valence-electron chi connectivity index (χ2n) is 8.95. The van der Waals surface area contributed by atoms with Gasteiger partial charge in [-0.3, -0.25) is 4.79 Å². The molecule has 7 atom stereocenters. The number of hydrogen-bond donors (Lipinski definition) is 2. The minimum atomic E-state index is -1.06. The molecule has 2 heterocycles. The van der Waals surface area contributed by atoms with Gasteiger partial charge in [0.1, 0.15) is 6.10 Å². The lowest BCUT2D eigenvalue weighted by atomic mass is 9.44. The summed E-state index contributed by atoms with van der Waals surface area (Å²) in [7, 11) is 0. The number of esters is 1. The summed E-state index contributed by atoms with van der Waals surface area (Å²) in [5.74, 6) is -0.173. The smallest absolute Gasteiger partial charge is 0.312 e. The van der Waals surface area contributed by atoms with Crippen LogP contribution in [-0.4, -0.2) is 27.9 Å². The highest BCUT2D eigenvalue weighted by Crippen LogP contribution is 2.67. The minimum absolute atomic E-state index is 0.000926. The van der Waals surface area contributed by atoms with Crippen molar-refractivity contribution in [3.05, 3.63) is 24.2 Å². The Morgan fingerprint density at radius 1 is 1.36 bits per heavy atom. The van der Waals surface area contributed by atoms with Crippen LogP contribution in [0.1, 0.15) is 64.5 Å². The maximum Gasteiger partial charge on any atom is 0.312 e. The number of carbonyl (C=O) groups excluding carboxylic acids is 1. The van der Waals surface area contributed by atoms with Crippen LogP contribution in [0.2, 0.25) is 0 Å². The topological polar surface area (TPSA) is 79.9 Å². The molecule has 0 amide bonds. The van der Waals surface area contributed by atoms with Crippen LogP contribution in [0.5, 0.6) is 0 Å². The molecule has 1 aromatic heterocycles. The van der Waals surface area contributed by atoms with Gasteiger partial charge in [-0.05, 0) is 38.2 Å². The molecule has 0 aromatic carbocycles. The molecular formula is C20H28O5. The van der Waals surface area contributed by atoms with Crippen LogP contribution >= 0.6 is 0 Å². The Hall–Kier alpha value is -1.33. The monoisotopic (exact) mass is 348 g/mol. The zero-order valence-electron chi connectivity index (χ0n) is 15.2. The molecule has 0 bridgehead atoms. The minimum Gasteiger partial charge on any atom is -0.472 e. The summed E-state index contributed by atoms with van der Waals surface area (Å²) < 4.78 is 10.8. The van der Waals surface area contributed by atoms with Crippen molar-refractivity contribution in [3.63, 3.8) is 0 Å². The molecule has 4 rings (SSSR count). The van der Waals surface area contributed by atoms with Crippen molar-refractivity contribution in [2.75, 3.05) is 0 Å². The summed E-state index contributed by atoms with van der Waals surface area (Å²) in [4.78, 5) is 12.6. The first-order chi connectivity index (χ1) is 11.7. The Bertz CT molecular complexity index is 670. The molecule has 25 heavy (non-hydrogen) atoms. The summed E-state index contributed by atoms with van der Waals surface area (Å²) in [6.07, 6.45) is 5.60. The quantitative estimate of drug-likeness (QED) is 0.820. The third-order valence-corrected chi connectivity index (χ3v) is 7.68. The van der Waals surface area contributed by atoms with Crippen molar-refractivity contribution < 1.29 is 24.2 Å². The molecule has 5 nitrogen and oxygen atoms in total. The largest absolute Gasteiger partial charge is 0.472 e. The Balaban J connectivity index is 1.73. The van der Waals surface area contributed by atoms with E-state index in [1.165, 1.54) is 12.5 Å². The van der Waals surface area contributed by atoms with E-state index in [9.17, 15) is 15.0 Å². The maximum absolute atomic E-state index is 12.6. The van der Waals surface area contributed by atoms with Crippen LogP contribution in [-0.2, 0) is 9.53 Å². The van der Waals surface area contributed by atoms with E-state index in [0.717, 1.165) is 19.3 Å². The molecule has 5 heteroatoms. The lowest BCUT2D eigenvalue weighted by molar-refractivity contribution is -0.226. The van der Waals surface area contributed by atoms with Crippen LogP contribution in [0.4, 0.5) is 0 Å². The van der Waals surface area contributed by atoms with E-state index < -0.39 is 22.5 Å². The number of aliphatic hydroxyl groups is 2.